The molecule has 0 saturated heterocycles. The minimum Gasteiger partial charge on any atom is -0.481 e. The third kappa shape index (κ3) is 3.45. The Morgan fingerprint density at radius 2 is 2.11 bits per heavy atom. The normalized spacial score (nSPS) is 18.9. The molecule has 0 fully saturated rings. The van der Waals surface area contributed by atoms with E-state index in [0.29, 0.717) is 17.9 Å². The molecule has 2 aliphatic rings. The summed E-state index contributed by atoms with van der Waals surface area (Å²) in [5.74, 6) is 0.937. The molecule has 5 heteroatoms. The first-order valence-electron chi connectivity index (χ1n) is 9.19. The summed E-state index contributed by atoms with van der Waals surface area (Å²) in [5, 5.41) is 10.8. The number of fused-ring (bicyclic) bond motifs is 4. The molecule has 0 spiro atoms. The monoisotopic (exact) mass is 362 g/mol. The Morgan fingerprint density at radius 1 is 1.33 bits per heavy atom. The third-order valence-electron chi connectivity index (χ3n) is 5.08. The number of aliphatic imine (C=N–C) groups is 1. The molecule has 1 atom stereocenters. The van der Waals surface area contributed by atoms with Gasteiger partial charge in [0.2, 0.25) is 0 Å². The van der Waals surface area contributed by atoms with E-state index in [1.54, 1.807) is 0 Å². The highest BCUT2D eigenvalue weighted by molar-refractivity contribution is 6.09. The van der Waals surface area contributed by atoms with Gasteiger partial charge in [-0.1, -0.05) is 35.9 Å². The van der Waals surface area contributed by atoms with E-state index in [1.807, 2.05) is 37.3 Å². The average molecular weight is 362 g/mol. The molecule has 0 aromatic heterocycles. The average Bonchev–Trinajstić information content (AvgIpc) is 2.65. The fourth-order valence-electron chi connectivity index (χ4n) is 3.70. The lowest BCUT2D eigenvalue weighted by molar-refractivity contribution is -0.136. The highest BCUT2D eigenvalue weighted by Crippen LogP contribution is 2.44. The van der Waals surface area contributed by atoms with E-state index >= 15 is 0 Å². The lowest BCUT2D eigenvalue weighted by Crippen LogP contribution is -2.20. The summed E-state index contributed by atoms with van der Waals surface area (Å²) in [6, 6.07) is 9.81. The van der Waals surface area contributed by atoms with Crippen molar-refractivity contribution in [3.05, 3.63) is 53.8 Å². The predicted molar refractivity (Wildman–Crippen MR) is 108 cm³/mol. The van der Waals surface area contributed by atoms with Crippen molar-refractivity contribution in [3.8, 4) is 5.75 Å². The summed E-state index contributed by atoms with van der Waals surface area (Å²) >= 11 is 0. The predicted octanol–water partition coefficient (Wildman–Crippen LogP) is 4.99. The van der Waals surface area contributed by atoms with Gasteiger partial charge in [-0.05, 0) is 38.2 Å². The number of allylic oxidation sites excluding steroid dienone is 4. The van der Waals surface area contributed by atoms with Gasteiger partial charge in [-0.25, -0.2) is 4.99 Å². The number of nitrogen functional groups attached to an aromatic ring is 1. The molecule has 1 heterocycles. The molecule has 2 aromatic rings. The van der Waals surface area contributed by atoms with Crippen LogP contribution in [0.3, 0.4) is 0 Å². The number of carboxylic acid groups (broad SMARTS) is 1. The first-order chi connectivity index (χ1) is 13.0. The third-order valence-corrected chi connectivity index (χ3v) is 5.08. The van der Waals surface area contributed by atoms with Gasteiger partial charge in [0.15, 0.2) is 5.75 Å². The maximum Gasteiger partial charge on any atom is 0.303 e. The number of nitrogens with two attached hydrogens (primary N) is 1. The van der Waals surface area contributed by atoms with Gasteiger partial charge in [0, 0.05) is 28.9 Å². The van der Waals surface area contributed by atoms with Crippen molar-refractivity contribution in [2.75, 3.05) is 5.73 Å². The van der Waals surface area contributed by atoms with Crippen LogP contribution in [0.4, 0.5) is 11.4 Å². The van der Waals surface area contributed by atoms with Crippen molar-refractivity contribution in [2.45, 2.75) is 32.6 Å². The molecule has 4 rings (SSSR count). The molecule has 138 valence electrons. The lowest BCUT2D eigenvalue weighted by atomic mass is 9.90. The smallest absolute Gasteiger partial charge is 0.303 e. The van der Waals surface area contributed by atoms with Crippen LogP contribution in [0, 0.1) is 5.92 Å². The van der Waals surface area contributed by atoms with E-state index in [2.05, 4.69) is 12.2 Å². The van der Waals surface area contributed by atoms with Gasteiger partial charge in [-0.15, -0.1) is 0 Å². The number of carboxylic acids is 1. The summed E-state index contributed by atoms with van der Waals surface area (Å²) in [4.78, 5) is 15.6. The summed E-state index contributed by atoms with van der Waals surface area (Å²) in [7, 11) is 0. The van der Waals surface area contributed by atoms with Crippen molar-refractivity contribution in [3.63, 3.8) is 0 Å². The molecule has 1 unspecified atom stereocenters. The number of hydrogen-bond acceptors (Lipinski definition) is 4. The number of aliphatic carboxylic acids is 1. The summed E-state index contributed by atoms with van der Waals surface area (Å²) in [6.45, 7) is 1.98. The van der Waals surface area contributed by atoms with E-state index in [9.17, 15) is 4.79 Å². The zero-order valence-corrected chi connectivity index (χ0v) is 15.2. The number of anilines is 1. The SMILES string of the molecule is CC(=CC1C=C2Oc3cc(N)c4ccccc4c3N=C2CC1)CCC(=O)O. The van der Waals surface area contributed by atoms with Crippen molar-refractivity contribution in [1.82, 2.24) is 0 Å². The summed E-state index contributed by atoms with van der Waals surface area (Å²) < 4.78 is 6.16. The Kier molecular flexibility index (Phi) is 4.44. The van der Waals surface area contributed by atoms with Gasteiger partial charge in [-0.2, -0.15) is 0 Å². The Labute approximate surface area is 157 Å². The van der Waals surface area contributed by atoms with Gasteiger partial charge in [-0.3, -0.25) is 4.79 Å². The van der Waals surface area contributed by atoms with Crippen LogP contribution in [0.1, 0.15) is 32.6 Å². The largest absolute Gasteiger partial charge is 0.481 e. The van der Waals surface area contributed by atoms with E-state index in [1.165, 1.54) is 0 Å². The van der Waals surface area contributed by atoms with E-state index in [-0.39, 0.29) is 12.3 Å². The molecule has 1 aliphatic carbocycles. The number of nitrogens with zero attached hydrogens (tertiary/aromatic N) is 1. The molecule has 0 saturated carbocycles. The first-order valence-corrected chi connectivity index (χ1v) is 9.19. The summed E-state index contributed by atoms with van der Waals surface area (Å²) in [5.41, 5.74) is 9.77. The highest BCUT2D eigenvalue weighted by atomic mass is 16.5. The molecule has 27 heavy (non-hydrogen) atoms. The standard InChI is InChI=1S/C22H22N2O3/c1-13(6-9-21(25)26)10-14-7-8-18-19(11-14)27-20-12-17(23)15-4-2-3-5-16(15)22(20)24-18/h2-5,10-12,14H,6-9,23H2,1H3,(H,25,26). The Balaban J connectivity index is 1.65. The quantitative estimate of drug-likeness (QED) is 0.592. The zero-order chi connectivity index (χ0) is 19.0. The maximum absolute atomic E-state index is 10.7. The Hall–Kier alpha value is -3.08. The van der Waals surface area contributed by atoms with Gasteiger partial charge < -0.3 is 15.6 Å². The second-order valence-corrected chi connectivity index (χ2v) is 7.16. The van der Waals surface area contributed by atoms with Crippen molar-refractivity contribution >= 4 is 33.8 Å². The van der Waals surface area contributed by atoms with Crippen LogP contribution in [-0.4, -0.2) is 16.8 Å². The van der Waals surface area contributed by atoms with E-state index in [0.717, 1.165) is 46.3 Å². The number of benzene rings is 2. The van der Waals surface area contributed by atoms with Crippen LogP contribution in [0.2, 0.25) is 0 Å². The molecular weight excluding hydrogens is 340 g/mol. The van der Waals surface area contributed by atoms with Crippen LogP contribution in [0.15, 0.2) is 58.8 Å². The number of carbonyl (C=O) groups is 1. The fraction of sp³-hybridized carbons (Fsp3) is 0.273. The number of hydrogen-bond donors (Lipinski definition) is 2. The van der Waals surface area contributed by atoms with Gasteiger partial charge in [0.05, 0.1) is 5.71 Å². The molecule has 3 N–H and O–H groups in total. The second-order valence-electron chi connectivity index (χ2n) is 7.16. The second kappa shape index (κ2) is 6.91. The number of rotatable bonds is 4. The van der Waals surface area contributed by atoms with Gasteiger partial charge in [0.1, 0.15) is 11.4 Å². The van der Waals surface area contributed by atoms with Crippen molar-refractivity contribution in [1.29, 1.82) is 0 Å². The van der Waals surface area contributed by atoms with Crippen molar-refractivity contribution < 1.29 is 14.6 Å². The minimum absolute atomic E-state index is 0.161. The molecular formula is C22H22N2O3. The molecule has 0 bridgehead atoms. The molecule has 5 nitrogen and oxygen atoms in total. The molecule has 0 amide bonds. The van der Waals surface area contributed by atoms with Crippen LogP contribution >= 0.6 is 0 Å². The van der Waals surface area contributed by atoms with Crippen LogP contribution in [0.25, 0.3) is 10.8 Å². The van der Waals surface area contributed by atoms with Crippen molar-refractivity contribution in [2.24, 2.45) is 10.9 Å². The molecule has 1 aliphatic heterocycles. The summed E-state index contributed by atoms with van der Waals surface area (Å²) in [6.07, 6.45) is 6.73. The van der Waals surface area contributed by atoms with Crippen LogP contribution in [-0.2, 0) is 4.79 Å². The van der Waals surface area contributed by atoms with E-state index in [4.69, 9.17) is 20.6 Å². The number of ether oxygens (including phenoxy) is 1. The van der Waals surface area contributed by atoms with Gasteiger partial charge in [0.25, 0.3) is 0 Å². The van der Waals surface area contributed by atoms with Crippen LogP contribution < -0.4 is 10.5 Å². The molecule has 0 radical (unpaired) electrons. The van der Waals surface area contributed by atoms with E-state index < -0.39 is 5.97 Å². The van der Waals surface area contributed by atoms with Gasteiger partial charge >= 0.3 is 5.97 Å². The maximum atomic E-state index is 10.7. The fourth-order valence-corrected chi connectivity index (χ4v) is 3.70. The Bertz CT molecular complexity index is 1020. The molecule has 2 aromatic carbocycles. The Morgan fingerprint density at radius 3 is 2.89 bits per heavy atom. The lowest BCUT2D eigenvalue weighted by Gasteiger charge is -2.26. The highest BCUT2D eigenvalue weighted by Gasteiger charge is 2.26. The first kappa shape index (κ1) is 17.3. The topological polar surface area (TPSA) is 84.9 Å². The zero-order valence-electron chi connectivity index (χ0n) is 15.2. The minimum atomic E-state index is -0.767. The van der Waals surface area contributed by atoms with Crippen LogP contribution in [0.5, 0.6) is 5.75 Å².